The van der Waals surface area contributed by atoms with Crippen molar-refractivity contribution in [2.75, 3.05) is 0 Å². The molecule has 4 aliphatic carbocycles. The van der Waals surface area contributed by atoms with E-state index in [1.165, 1.54) is 16.7 Å². The van der Waals surface area contributed by atoms with Crippen LogP contribution < -0.4 is 0 Å². The number of allylic oxidation sites excluding steroid dienone is 3. The summed E-state index contributed by atoms with van der Waals surface area (Å²) in [6, 6.07) is 0. The molecular formula is C30H48O4. The normalized spacial score (nSPS) is 44.3. The Hall–Kier alpha value is -0.940. The van der Waals surface area contributed by atoms with Crippen LogP contribution in [0.1, 0.15) is 87.0 Å². The predicted octanol–water partition coefficient (Wildman–Crippen LogP) is 5.17. The summed E-state index contributed by atoms with van der Waals surface area (Å²) >= 11 is 0. The Kier molecular flexibility index (Phi) is 6.59. The molecule has 1 fully saturated rings. The number of aliphatic hydroxyl groups is 4. The van der Waals surface area contributed by atoms with Crippen LogP contribution in [0.5, 0.6) is 0 Å². The van der Waals surface area contributed by atoms with Crippen molar-refractivity contribution in [3.05, 3.63) is 34.9 Å². The highest BCUT2D eigenvalue weighted by Crippen LogP contribution is 2.66. The minimum absolute atomic E-state index is 0.141. The predicted molar refractivity (Wildman–Crippen MR) is 137 cm³/mol. The van der Waals surface area contributed by atoms with Crippen LogP contribution in [0.15, 0.2) is 34.9 Å². The molecule has 0 spiro atoms. The maximum atomic E-state index is 11.7. The zero-order valence-corrected chi connectivity index (χ0v) is 22.4. The van der Waals surface area contributed by atoms with E-state index in [2.05, 4.69) is 47.3 Å². The molecule has 0 radical (unpaired) electrons. The lowest BCUT2D eigenvalue weighted by Gasteiger charge is -2.61. The molecule has 192 valence electrons. The topological polar surface area (TPSA) is 80.9 Å². The van der Waals surface area contributed by atoms with Crippen LogP contribution in [0.25, 0.3) is 0 Å². The molecule has 0 aromatic rings. The van der Waals surface area contributed by atoms with E-state index in [0.717, 1.165) is 37.7 Å². The summed E-state index contributed by atoms with van der Waals surface area (Å²) in [5.74, 6) is 1.32. The zero-order valence-electron chi connectivity index (χ0n) is 22.4. The molecule has 0 heterocycles. The van der Waals surface area contributed by atoms with Crippen LogP contribution in [0.4, 0.5) is 0 Å². The fourth-order valence-electron chi connectivity index (χ4n) is 8.71. The second kappa shape index (κ2) is 8.57. The monoisotopic (exact) mass is 472 g/mol. The number of fused-ring (bicyclic) bond motifs is 4. The van der Waals surface area contributed by atoms with E-state index in [-0.39, 0.29) is 11.8 Å². The third-order valence-electron chi connectivity index (χ3n) is 10.9. The Morgan fingerprint density at radius 3 is 2.32 bits per heavy atom. The molecule has 1 saturated carbocycles. The van der Waals surface area contributed by atoms with Gasteiger partial charge in [0.1, 0.15) is 6.10 Å². The maximum absolute atomic E-state index is 11.7. The lowest BCUT2D eigenvalue weighted by molar-refractivity contribution is -0.164. The molecule has 4 nitrogen and oxygen atoms in total. The second-order valence-electron chi connectivity index (χ2n) is 13.4. The second-order valence-corrected chi connectivity index (χ2v) is 13.4. The fraction of sp³-hybridized carbons (Fsp3) is 0.800. The maximum Gasteiger partial charge on any atom is 0.103 e. The number of rotatable bonds is 5. The number of hydrogen-bond donors (Lipinski definition) is 4. The Morgan fingerprint density at radius 1 is 1.06 bits per heavy atom. The highest BCUT2D eigenvalue weighted by Gasteiger charge is 2.63. The van der Waals surface area contributed by atoms with Gasteiger partial charge in [-0.15, -0.1) is 0 Å². The molecule has 4 N–H and O–H groups in total. The summed E-state index contributed by atoms with van der Waals surface area (Å²) in [4.78, 5) is 0. The summed E-state index contributed by atoms with van der Waals surface area (Å²) in [6.07, 6.45) is 4.10. The van der Waals surface area contributed by atoms with Gasteiger partial charge in [-0.25, -0.2) is 0 Å². The van der Waals surface area contributed by atoms with Gasteiger partial charge in [0.2, 0.25) is 0 Å². The molecule has 0 aromatic carbocycles. The van der Waals surface area contributed by atoms with Crippen molar-refractivity contribution in [1.82, 2.24) is 0 Å². The average Bonchev–Trinajstić information content (AvgIpc) is 3.11. The molecule has 0 amide bonds. The highest BCUT2D eigenvalue weighted by atomic mass is 16.3. The first-order chi connectivity index (χ1) is 15.7. The van der Waals surface area contributed by atoms with Gasteiger partial charge in [0.15, 0.2) is 0 Å². The van der Waals surface area contributed by atoms with Gasteiger partial charge in [-0.3, -0.25) is 0 Å². The molecule has 9 atom stereocenters. The largest absolute Gasteiger partial charge is 0.390 e. The lowest BCUT2D eigenvalue weighted by atomic mass is 9.45. The summed E-state index contributed by atoms with van der Waals surface area (Å²) in [6.45, 7) is 19.3. The van der Waals surface area contributed by atoms with Crippen molar-refractivity contribution in [3.8, 4) is 0 Å². The Labute approximate surface area is 206 Å². The first-order valence-corrected chi connectivity index (χ1v) is 13.5. The van der Waals surface area contributed by atoms with E-state index in [9.17, 15) is 20.4 Å². The Bertz CT molecular complexity index is 897. The van der Waals surface area contributed by atoms with Crippen LogP contribution in [0.3, 0.4) is 0 Å². The molecule has 34 heavy (non-hydrogen) atoms. The molecule has 4 aliphatic rings. The lowest BCUT2D eigenvalue weighted by Crippen LogP contribution is -2.62. The van der Waals surface area contributed by atoms with Crippen molar-refractivity contribution in [2.24, 2.45) is 39.9 Å². The number of hydrogen-bond acceptors (Lipinski definition) is 4. The molecule has 0 aromatic heterocycles. The van der Waals surface area contributed by atoms with Crippen molar-refractivity contribution in [1.29, 1.82) is 0 Å². The van der Waals surface area contributed by atoms with Gasteiger partial charge in [0.05, 0.1) is 18.3 Å². The van der Waals surface area contributed by atoms with E-state index in [1.807, 2.05) is 13.8 Å². The van der Waals surface area contributed by atoms with Gasteiger partial charge in [0, 0.05) is 5.41 Å². The van der Waals surface area contributed by atoms with Crippen molar-refractivity contribution in [3.63, 3.8) is 0 Å². The van der Waals surface area contributed by atoms with Gasteiger partial charge < -0.3 is 20.4 Å². The number of aliphatic hydroxyl groups excluding tert-OH is 4. The summed E-state index contributed by atoms with van der Waals surface area (Å²) in [5, 5.41) is 45.0. The Balaban J connectivity index is 1.70. The van der Waals surface area contributed by atoms with Crippen LogP contribution in [-0.2, 0) is 0 Å². The minimum atomic E-state index is -0.943. The SMILES string of the molecule is C=C(CC[C@@H](C)[C@H]1CC=C2C3=C([C@@H](O)[C@H](O)[C@@]21C)[C@@]1(C)C[C@@H](O)[C@H](O)C(C)(C)C1CC3)C(C)C. The standard InChI is InChI=1S/C30H48O4/c1-16(2)17(3)9-10-18(4)20-12-13-21-19-11-14-23-28(5,6)26(33)22(31)15-29(23,7)24(19)25(32)27(34)30(20,21)8/h13,16,18,20,22-23,25-27,31-34H,3,9-12,14-15H2,1-2,4-8H3/t18-,20-,22-,23?,25-,26+,27+,29+,30-/m1/s1. The quantitative estimate of drug-likeness (QED) is 0.416. The summed E-state index contributed by atoms with van der Waals surface area (Å²) in [5.41, 5.74) is 3.29. The molecule has 4 heteroatoms. The van der Waals surface area contributed by atoms with Gasteiger partial charge in [-0.2, -0.15) is 0 Å². The van der Waals surface area contributed by atoms with E-state index in [0.29, 0.717) is 18.3 Å². The third kappa shape index (κ3) is 3.54. The molecule has 0 bridgehead atoms. The van der Waals surface area contributed by atoms with E-state index < -0.39 is 40.7 Å². The highest BCUT2D eigenvalue weighted by molar-refractivity contribution is 5.53. The van der Waals surface area contributed by atoms with Crippen molar-refractivity contribution >= 4 is 0 Å². The molecular weight excluding hydrogens is 424 g/mol. The average molecular weight is 473 g/mol. The minimum Gasteiger partial charge on any atom is -0.390 e. The molecule has 4 rings (SSSR count). The van der Waals surface area contributed by atoms with E-state index >= 15 is 0 Å². The van der Waals surface area contributed by atoms with Crippen LogP contribution in [-0.4, -0.2) is 44.8 Å². The summed E-state index contributed by atoms with van der Waals surface area (Å²) in [7, 11) is 0. The van der Waals surface area contributed by atoms with E-state index in [1.54, 1.807) is 0 Å². The van der Waals surface area contributed by atoms with Gasteiger partial charge >= 0.3 is 0 Å². The van der Waals surface area contributed by atoms with Crippen LogP contribution in [0, 0.1) is 39.9 Å². The Morgan fingerprint density at radius 2 is 1.71 bits per heavy atom. The third-order valence-corrected chi connectivity index (χ3v) is 10.9. The van der Waals surface area contributed by atoms with Gasteiger partial charge in [-0.1, -0.05) is 66.7 Å². The smallest absolute Gasteiger partial charge is 0.103 e. The van der Waals surface area contributed by atoms with E-state index in [4.69, 9.17) is 0 Å². The van der Waals surface area contributed by atoms with Crippen molar-refractivity contribution < 1.29 is 20.4 Å². The zero-order chi connectivity index (χ0) is 25.4. The fourth-order valence-corrected chi connectivity index (χ4v) is 8.71. The summed E-state index contributed by atoms with van der Waals surface area (Å²) < 4.78 is 0. The van der Waals surface area contributed by atoms with Gasteiger partial charge in [0.25, 0.3) is 0 Å². The molecule has 0 saturated heterocycles. The van der Waals surface area contributed by atoms with Crippen LogP contribution in [0.2, 0.25) is 0 Å². The van der Waals surface area contributed by atoms with Crippen molar-refractivity contribution in [2.45, 2.75) is 111 Å². The van der Waals surface area contributed by atoms with Gasteiger partial charge in [-0.05, 0) is 89.7 Å². The first kappa shape index (κ1) is 26.1. The molecule has 0 aliphatic heterocycles. The van der Waals surface area contributed by atoms with Crippen LogP contribution >= 0.6 is 0 Å². The first-order valence-electron chi connectivity index (χ1n) is 13.5. The molecule has 1 unspecified atom stereocenters.